The van der Waals surface area contributed by atoms with Gasteiger partial charge in [0.05, 0.1) is 6.42 Å². The Morgan fingerprint density at radius 3 is 3.00 bits per heavy atom. The predicted octanol–water partition coefficient (Wildman–Crippen LogP) is 0.145. The Kier molecular flexibility index (Phi) is 4.18. The number of likely N-dealkylation sites (N-methyl/N-ethyl adjacent to an activating group) is 1. The van der Waals surface area contributed by atoms with Crippen LogP contribution in [0.3, 0.4) is 0 Å². The lowest BCUT2D eigenvalue weighted by Crippen LogP contribution is -2.36. The van der Waals surface area contributed by atoms with Crippen molar-refractivity contribution in [3.8, 4) is 0 Å². The summed E-state index contributed by atoms with van der Waals surface area (Å²) >= 11 is 0. The highest BCUT2D eigenvalue weighted by Gasteiger charge is 2.15. The zero-order chi connectivity index (χ0) is 9.68. The van der Waals surface area contributed by atoms with Gasteiger partial charge in [-0.3, -0.25) is 4.79 Å². The summed E-state index contributed by atoms with van der Waals surface area (Å²) < 4.78 is 0. The van der Waals surface area contributed by atoms with Crippen molar-refractivity contribution in [1.82, 2.24) is 10.2 Å². The van der Waals surface area contributed by atoms with E-state index in [1.54, 1.807) is 0 Å². The summed E-state index contributed by atoms with van der Waals surface area (Å²) in [7, 11) is 1.98. The van der Waals surface area contributed by atoms with Gasteiger partial charge >= 0.3 is 5.97 Å². The monoisotopic (exact) mass is 186 g/mol. The Hall–Kier alpha value is -0.610. The van der Waals surface area contributed by atoms with Gasteiger partial charge in [0.2, 0.25) is 0 Å². The fraction of sp³-hybridized carbons (Fsp3) is 0.889. The smallest absolute Gasteiger partial charge is 0.304 e. The van der Waals surface area contributed by atoms with E-state index in [1.165, 1.54) is 12.8 Å². The van der Waals surface area contributed by atoms with Crippen LogP contribution >= 0.6 is 0 Å². The van der Waals surface area contributed by atoms with E-state index in [0.717, 1.165) is 13.1 Å². The molecule has 0 aromatic carbocycles. The van der Waals surface area contributed by atoms with Gasteiger partial charge in [0, 0.05) is 19.1 Å². The quantitative estimate of drug-likeness (QED) is 0.641. The summed E-state index contributed by atoms with van der Waals surface area (Å²) in [6.45, 7) is 2.72. The second-order valence-corrected chi connectivity index (χ2v) is 3.70. The summed E-state index contributed by atoms with van der Waals surface area (Å²) in [5.74, 6) is -0.716. The van der Waals surface area contributed by atoms with Crippen molar-refractivity contribution in [1.29, 1.82) is 0 Å². The molecule has 0 amide bonds. The van der Waals surface area contributed by atoms with Gasteiger partial charge in [0.25, 0.3) is 0 Å². The van der Waals surface area contributed by atoms with Crippen molar-refractivity contribution in [2.45, 2.75) is 25.3 Å². The number of nitrogens with zero attached hydrogens (tertiary/aromatic N) is 1. The first-order valence-electron chi connectivity index (χ1n) is 4.82. The standard InChI is InChI=1S/C9H18N2O2/c1-11(6-4-9(12)13)7-8-3-2-5-10-8/h8,10H,2-7H2,1H3,(H,12,13). The van der Waals surface area contributed by atoms with E-state index in [0.29, 0.717) is 12.6 Å². The highest BCUT2D eigenvalue weighted by molar-refractivity contribution is 5.66. The van der Waals surface area contributed by atoms with E-state index in [-0.39, 0.29) is 6.42 Å². The first-order valence-corrected chi connectivity index (χ1v) is 4.82. The van der Waals surface area contributed by atoms with Crippen molar-refractivity contribution < 1.29 is 9.90 Å². The molecule has 0 bridgehead atoms. The molecule has 4 heteroatoms. The van der Waals surface area contributed by atoms with Crippen molar-refractivity contribution in [3.63, 3.8) is 0 Å². The molecule has 1 rings (SSSR count). The van der Waals surface area contributed by atoms with E-state index in [4.69, 9.17) is 5.11 Å². The predicted molar refractivity (Wildman–Crippen MR) is 50.8 cm³/mol. The Bertz CT molecular complexity index is 167. The van der Waals surface area contributed by atoms with Crippen LogP contribution in [0.15, 0.2) is 0 Å². The normalized spacial score (nSPS) is 22.5. The summed E-state index contributed by atoms with van der Waals surface area (Å²) in [6, 6.07) is 0.568. The lowest BCUT2D eigenvalue weighted by Gasteiger charge is -2.19. The minimum Gasteiger partial charge on any atom is -0.481 e. The van der Waals surface area contributed by atoms with Gasteiger partial charge in [-0.1, -0.05) is 0 Å². The zero-order valence-corrected chi connectivity index (χ0v) is 8.12. The van der Waals surface area contributed by atoms with Crippen LogP contribution in [0.2, 0.25) is 0 Å². The number of rotatable bonds is 5. The van der Waals surface area contributed by atoms with Crippen LogP contribution in [0.25, 0.3) is 0 Å². The van der Waals surface area contributed by atoms with Gasteiger partial charge in [-0.05, 0) is 26.4 Å². The molecule has 1 saturated heterocycles. The largest absolute Gasteiger partial charge is 0.481 e. The average molecular weight is 186 g/mol. The van der Waals surface area contributed by atoms with E-state index in [1.807, 2.05) is 7.05 Å². The number of hydrogen-bond donors (Lipinski definition) is 2. The fourth-order valence-electron chi connectivity index (χ4n) is 1.67. The van der Waals surface area contributed by atoms with Gasteiger partial charge in [-0.2, -0.15) is 0 Å². The van der Waals surface area contributed by atoms with Crippen LogP contribution < -0.4 is 5.32 Å². The molecule has 2 N–H and O–H groups in total. The minimum absolute atomic E-state index is 0.239. The van der Waals surface area contributed by atoms with Crippen LogP contribution in [0, 0.1) is 0 Å². The van der Waals surface area contributed by atoms with Gasteiger partial charge in [-0.15, -0.1) is 0 Å². The molecule has 0 saturated carbocycles. The van der Waals surface area contributed by atoms with Crippen LogP contribution in [-0.4, -0.2) is 48.7 Å². The molecule has 0 spiro atoms. The molecule has 1 atom stereocenters. The molecule has 1 heterocycles. The summed E-state index contributed by atoms with van der Waals surface area (Å²) in [5, 5.41) is 11.9. The van der Waals surface area contributed by atoms with E-state index < -0.39 is 5.97 Å². The van der Waals surface area contributed by atoms with Gasteiger partial charge in [-0.25, -0.2) is 0 Å². The maximum absolute atomic E-state index is 10.3. The van der Waals surface area contributed by atoms with Crippen molar-refractivity contribution in [2.75, 3.05) is 26.7 Å². The topological polar surface area (TPSA) is 52.6 Å². The lowest BCUT2D eigenvalue weighted by atomic mass is 10.2. The number of aliphatic carboxylic acids is 1. The first kappa shape index (κ1) is 10.5. The third-order valence-corrected chi connectivity index (χ3v) is 2.40. The molecular formula is C9H18N2O2. The second kappa shape index (κ2) is 5.19. The van der Waals surface area contributed by atoms with Crippen LogP contribution in [0.4, 0.5) is 0 Å². The molecule has 0 aliphatic carbocycles. The highest BCUT2D eigenvalue weighted by atomic mass is 16.4. The van der Waals surface area contributed by atoms with Crippen LogP contribution in [0.1, 0.15) is 19.3 Å². The Morgan fingerprint density at radius 1 is 1.69 bits per heavy atom. The Balaban J connectivity index is 2.09. The number of hydrogen-bond acceptors (Lipinski definition) is 3. The fourth-order valence-corrected chi connectivity index (χ4v) is 1.67. The molecule has 13 heavy (non-hydrogen) atoms. The minimum atomic E-state index is -0.716. The third kappa shape index (κ3) is 4.24. The van der Waals surface area contributed by atoms with Gasteiger partial charge in [0.1, 0.15) is 0 Å². The molecule has 1 unspecified atom stereocenters. The zero-order valence-electron chi connectivity index (χ0n) is 8.12. The molecule has 76 valence electrons. The van der Waals surface area contributed by atoms with Crippen LogP contribution in [-0.2, 0) is 4.79 Å². The number of nitrogens with one attached hydrogen (secondary N) is 1. The Labute approximate surface area is 78.9 Å². The van der Waals surface area contributed by atoms with E-state index >= 15 is 0 Å². The van der Waals surface area contributed by atoms with Gasteiger partial charge < -0.3 is 15.3 Å². The van der Waals surface area contributed by atoms with Crippen molar-refractivity contribution in [3.05, 3.63) is 0 Å². The molecule has 0 radical (unpaired) electrons. The lowest BCUT2D eigenvalue weighted by molar-refractivity contribution is -0.137. The molecule has 0 aromatic rings. The molecule has 1 aliphatic heterocycles. The third-order valence-electron chi connectivity index (χ3n) is 2.40. The summed E-state index contributed by atoms with van der Waals surface area (Å²) in [5.41, 5.74) is 0. The molecule has 4 nitrogen and oxygen atoms in total. The molecular weight excluding hydrogens is 168 g/mol. The second-order valence-electron chi connectivity index (χ2n) is 3.70. The number of carboxylic acids is 1. The SMILES string of the molecule is CN(CCC(=O)O)CC1CCCN1. The maximum atomic E-state index is 10.3. The van der Waals surface area contributed by atoms with Crippen LogP contribution in [0.5, 0.6) is 0 Å². The number of carboxylic acid groups (broad SMARTS) is 1. The summed E-state index contributed by atoms with van der Waals surface area (Å²) in [6.07, 6.45) is 2.71. The maximum Gasteiger partial charge on any atom is 0.304 e. The molecule has 0 aromatic heterocycles. The van der Waals surface area contributed by atoms with E-state index in [2.05, 4.69) is 10.2 Å². The van der Waals surface area contributed by atoms with Crippen molar-refractivity contribution in [2.24, 2.45) is 0 Å². The average Bonchev–Trinajstić information content (AvgIpc) is 2.53. The first-order chi connectivity index (χ1) is 6.18. The van der Waals surface area contributed by atoms with E-state index in [9.17, 15) is 4.79 Å². The molecule has 1 aliphatic rings. The number of carbonyl (C=O) groups is 1. The highest BCUT2D eigenvalue weighted by Crippen LogP contribution is 2.05. The van der Waals surface area contributed by atoms with Crippen molar-refractivity contribution >= 4 is 5.97 Å². The Morgan fingerprint density at radius 2 is 2.46 bits per heavy atom. The summed E-state index contributed by atoms with van der Waals surface area (Å²) in [4.78, 5) is 12.4. The van der Waals surface area contributed by atoms with Gasteiger partial charge in [0.15, 0.2) is 0 Å². The molecule has 1 fully saturated rings.